The molecule has 0 spiro atoms. The van der Waals surface area contributed by atoms with Crippen molar-refractivity contribution < 1.29 is 8.78 Å². The molecule has 3 heterocycles. The van der Waals surface area contributed by atoms with Crippen LogP contribution >= 0.6 is 0 Å². The van der Waals surface area contributed by atoms with Crippen LogP contribution in [0.25, 0.3) is 11.1 Å². The van der Waals surface area contributed by atoms with Gasteiger partial charge in [0.15, 0.2) is 0 Å². The number of nitrogens with one attached hydrogen (secondary N) is 4. The topological polar surface area (TPSA) is 73.9 Å². The van der Waals surface area contributed by atoms with Gasteiger partial charge in [0.25, 0.3) is 0 Å². The molecule has 1 fully saturated rings. The molecule has 2 atom stereocenters. The second-order valence-electron chi connectivity index (χ2n) is 7.59. The van der Waals surface area contributed by atoms with Crippen molar-refractivity contribution in [3.8, 4) is 11.1 Å². The SMILES string of the molecule is Fc1cccc(F)c1-c1ccc2c(c1)C(c1ccnc(N[C@@H]3CCCNC3)n1)NN2. The molecule has 1 unspecified atom stereocenters. The highest BCUT2D eigenvalue weighted by Gasteiger charge is 2.26. The summed E-state index contributed by atoms with van der Waals surface area (Å²) in [6.45, 7) is 1.93. The molecule has 2 aliphatic rings. The molecule has 8 heteroatoms. The van der Waals surface area contributed by atoms with E-state index in [1.807, 2.05) is 12.1 Å². The molecule has 154 valence electrons. The van der Waals surface area contributed by atoms with Crippen molar-refractivity contribution in [2.45, 2.75) is 24.9 Å². The predicted molar refractivity (Wildman–Crippen MR) is 112 cm³/mol. The molecule has 0 bridgehead atoms. The number of hydrazine groups is 1. The minimum absolute atomic E-state index is 0.0270. The summed E-state index contributed by atoms with van der Waals surface area (Å²) in [6.07, 6.45) is 3.92. The highest BCUT2D eigenvalue weighted by atomic mass is 19.1. The Bertz CT molecular complexity index is 1050. The maximum Gasteiger partial charge on any atom is 0.223 e. The monoisotopic (exact) mass is 408 g/mol. The van der Waals surface area contributed by atoms with Crippen molar-refractivity contribution in [3.05, 3.63) is 71.6 Å². The summed E-state index contributed by atoms with van der Waals surface area (Å²) < 4.78 is 28.6. The minimum Gasteiger partial charge on any atom is -0.350 e. The summed E-state index contributed by atoms with van der Waals surface area (Å²) in [4.78, 5) is 9.04. The Morgan fingerprint density at radius 3 is 2.73 bits per heavy atom. The number of piperidine rings is 1. The van der Waals surface area contributed by atoms with Crippen LogP contribution in [-0.4, -0.2) is 29.1 Å². The van der Waals surface area contributed by atoms with Gasteiger partial charge in [-0.1, -0.05) is 12.1 Å². The van der Waals surface area contributed by atoms with Gasteiger partial charge < -0.3 is 16.1 Å². The van der Waals surface area contributed by atoms with Crippen molar-refractivity contribution in [2.75, 3.05) is 23.8 Å². The molecule has 2 aromatic carbocycles. The van der Waals surface area contributed by atoms with E-state index in [1.54, 1.807) is 18.3 Å². The van der Waals surface area contributed by atoms with E-state index in [0.29, 0.717) is 17.6 Å². The predicted octanol–water partition coefficient (Wildman–Crippen LogP) is 3.61. The van der Waals surface area contributed by atoms with Crippen LogP contribution in [0.4, 0.5) is 20.4 Å². The molecule has 1 aromatic heterocycles. The number of nitrogens with zero attached hydrogens (tertiary/aromatic N) is 2. The summed E-state index contributed by atoms with van der Waals surface area (Å²) in [5.41, 5.74) is 9.30. The minimum atomic E-state index is -0.583. The third-order valence-corrected chi connectivity index (χ3v) is 5.57. The highest BCUT2D eigenvalue weighted by molar-refractivity contribution is 5.71. The van der Waals surface area contributed by atoms with Crippen LogP contribution < -0.4 is 21.5 Å². The van der Waals surface area contributed by atoms with Crippen molar-refractivity contribution in [3.63, 3.8) is 0 Å². The number of fused-ring (bicyclic) bond motifs is 1. The van der Waals surface area contributed by atoms with E-state index in [-0.39, 0.29) is 11.6 Å². The Kier molecular flexibility index (Phi) is 5.02. The van der Waals surface area contributed by atoms with Crippen LogP contribution in [0.5, 0.6) is 0 Å². The molecule has 0 aliphatic carbocycles. The number of aromatic nitrogens is 2. The Balaban J connectivity index is 1.45. The lowest BCUT2D eigenvalue weighted by Crippen LogP contribution is -2.38. The van der Waals surface area contributed by atoms with E-state index in [1.165, 1.54) is 18.2 Å². The Morgan fingerprint density at radius 2 is 1.93 bits per heavy atom. The second kappa shape index (κ2) is 7.97. The molecule has 5 rings (SSSR count). The zero-order valence-electron chi connectivity index (χ0n) is 16.3. The average Bonchev–Trinajstić information content (AvgIpc) is 3.18. The van der Waals surface area contributed by atoms with E-state index in [0.717, 1.165) is 42.9 Å². The first kappa shape index (κ1) is 18.9. The number of hydrogen-bond acceptors (Lipinski definition) is 6. The van der Waals surface area contributed by atoms with Gasteiger partial charge in [0.05, 0.1) is 23.0 Å². The maximum absolute atomic E-state index is 14.3. The summed E-state index contributed by atoms with van der Waals surface area (Å²) >= 11 is 0. The van der Waals surface area contributed by atoms with Crippen molar-refractivity contribution >= 4 is 11.6 Å². The first-order chi connectivity index (χ1) is 14.7. The summed E-state index contributed by atoms with van der Waals surface area (Å²) in [5, 5.41) is 6.76. The molecule has 6 nitrogen and oxygen atoms in total. The standard InChI is InChI=1S/C22H22F2N6/c23-16-4-1-5-17(24)20(16)13-6-7-18-15(11-13)21(30-29-18)19-8-10-26-22(28-19)27-14-3-2-9-25-12-14/h1,4-8,10-11,14,21,25,29-30H,2-3,9,12H2,(H,26,27,28)/t14-,21?/m1/s1. The molecule has 1 saturated heterocycles. The van der Waals surface area contributed by atoms with Crippen LogP contribution in [-0.2, 0) is 0 Å². The fourth-order valence-corrected chi connectivity index (χ4v) is 4.07. The fraction of sp³-hybridized carbons (Fsp3) is 0.273. The van der Waals surface area contributed by atoms with Gasteiger partial charge in [0.2, 0.25) is 5.95 Å². The number of halogens is 2. The van der Waals surface area contributed by atoms with E-state index >= 15 is 0 Å². The normalized spacial score (nSPS) is 20.5. The molecule has 0 amide bonds. The number of benzene rings is 2. The molecule has 2 aliphatic heterocycles. The lowest BCUT2D eigenvalue weighted by atomic mass is 9.97. The van der Waals surface area contributed by atoms with Crippen LogP contribution in [0, 0.1) is 11.6 Å². The molecule has 4 N–H and O–H groups in total. The summed E-state index contributed by atoms with van der Waals surface area (Å²) in [6, 6.07) is 11.1. The highest BCUT2D eigenvalue weighted by Crippen LogP contribution is 2.37. The molecular formula is C22H22F2N6. The van der Waals surface area contributed by atoms with Crippen LogP contribution in [0.3, 0.4) is 0 Å². The van der Waals surface area contributed by atoms with E-state index in [4.69, 9.17) is 0 Å². The van der Waals surface area contributed by atoms with Gasteiger partial charge in [-0.2, -0.15) is 0 Å². The van der Waals surface area contributed by atoms with Crippen molar-refractivity contribution in [2.24, 2.45) is 0 Å². The Labute approximate surface area is 173 Å². The molecular weight excluding hydrogens is 386 g/mol. The number of rotatable bonds is 4. The van der Waals surface area contributed by atoms with Crippen molar-refractivity contribution in [1.82, 2.24) is 20.7 Å². The van der Waals surface area contributed by atoms with Crippen molar-refractivity contribution in [1.29, 1.82) is 0 Å². The van der Waals surface area contributed by atoms with Gasteiger partial charge in [-0.25, -0.2) is 24.2 Å². The lowest BCUT2D eigenvalue weighted by molar-refractivity contribution is 0.477. The Morgan fingerprint density at radius 1 is 1.07 bits per heavy atom. The molecule has 3 aromatic rings. The zero-order valence-corrected chi connectivity index (χ0v) is 16.3. The third kappa shape index (κ3) is 3.59. The van der Waals surface area contributed by atoms with E-state index in [2.05, 4.69) is 31.5 Å². The number of anilines is 2. The van der Waals surface area contributed by atoms with Gasteiger partial charge in [0, 0.05) is 24.3 Å². The van der Waals surface area contributed by atoms with Gasteiger partial charge >= 0.3 is 0 Å². The first-order valence-electron chi connectivity index (χ1n) is 10.1. The lowest BCUT2D eigenvalue weighted by Gasteiger charge is -2.24. The van der Waals surface area contributed by atoms with Crippen LogP contribution in [0.1, 0.15) is 30.1 Å². The maximum atomic E-state index is 14.3. The number of hydrogen-bond donors (Lipinski definition) is 4. The van der Waals surface area contributed by atoms with Gasteiger partial charge in [0.1, 0.15) is 11.6 Å². The van der Waals surface area contributed by atoms with Gasteiger partial charge in [-0.05, 0) is 55.3 Å². The Hall–Kier alpha value is -3.10. The van der Waals surface area contributed by atoms with E-state index in [9.17, 15) is 8.78 Å². The van der Waals surface area contributed by atoms with Crippen LogP contribution in [0.2, 0.25) is 0 Å². The largest absolute Gasteiger partial charge is 0.350 e. The first-order valence-corrected chi connectivity index (χ1v) is 10.1. The summed E-state index contributed by atoms with van der Waals surface area (Å²) in [5.74, 6) is -0.590. The second-order valence-corrected chi connectivity index (χ2v) is 7.59. The smallest absolute Gasteiger partial charge is 0.223 e. The van der Waals surface area contributed by atoms with E-state index < -0.39 is 11.6 Å². The third-order valence-electron chi connectivity index (χ3n) is 5.57. The molecule has 30 heavy (non-hydrogen) atoms. The van der Waals surface area contributed by atoms with Crippen LogP contribution in [0.15, 0.2) is 48.7 Å². The molecule has 0 saturated carbocycles. The average molecular weight is 408 g/mol. The van der Waals surface area contributed by atoms with Gasteiger partial charge in [-0.3, -0.25) is 0 Å². The quantitative estimate of drug-likeness (QED) is 0.529. The zero-order chi connectivity index (χ0) is 20.5. The molecule has 0 radical (unpaired) electrons. The fourth-order valence-electron chi connectivity index (χ4n) is 4.07. The summed E-state index contributed by atoms with van der Waals surface area (Å²) in [7, 11) is 0. The van der Waals surface area contributed by atoms with Gasteiger partial charge in [-0.15, -0.1) is 0 Å².